The highest BCUT2D eigenvalue weighted by molar-refractivity contribution is 5.79. The van der Waals surface area contributed by atoms with E-state index in [2.05, 4.69) is 15.2 Å². The van der Waals surface area contributed by atoms with E-state index in [1.807, 2.05) is 20.7 Å². The Morgan fingerprint density at radius 3 is 2.52 bits per heavy atom. The third kappa shape index (κ3) is 4.78. The fourth-order valence-electron chi connectivity index (χ4n) is 3.77. The maximum atomic E-state index is 12.7. The zero-order chi connectivity index (χ0) is 17.6. The predicted octanol–water partition coefficient (Wildman–Crippen LogP) is 0.213. The number of nitrogens with zero attached hydrogens (tertiary/aromatic N) is 6. The summed E-state index contributed by atoms with van der Waals surface area (Å²) in [4.78, 5) is 30.1. The van der Waals surface area contributed by atoms with E-state index < -0.39 is 0 Å². The average Bonchev–Trinajstić information content (AvgIpc) is 3.14. The van der Waals surface area contributed by atoms with Gasteiger partial charge in [0.1, 0.15) is 0 Å². The Morgan fingerprint density at radius 1 is 1.08 bits per heavy atom. The molecular weight excluding hydrogens is 320 g/mol. The van der Waals surface area contributed by atoms with Crippen LogP contribution in [0.5, 0.6) is 0 Å². The van der Waals surface area contributed by atoms with Crippen LogP contribution in [0.2, 0.25) is 0 Å². The number of aryl methyl sites for hydroxylation is 1. The van der Waals surface area contributed by atoms with Gasteiger partial charge in [0.25, 0.3) is 0 Å². The number of amides is 2. The van der Waals surface area contributed by atoms with Crippen LogP contribution in [0.4, 0.5) is 0 Å². The number of rotatable bonds is 5. The van der Waals surface area contributed by atoms with Crippen LogP contribution in [-0.4, -0.2) is 86.8 Å². The standard InChI is InChI=1S/C17H28N6O2/c1-15(24)20-10-12-21(13-11-20)17(25)14-22-7-3-2-4-16(22)5-8-23-9-6-18-19-23/h6,9,16H,2-5,7-8,10-14H2,1H3. The molecule has 25 heavy (non-hydrogen) atoms. The van der Waals surface area contributed by atoms with Gasteiger partial charge in [0.15, 0.2) is 0 Å². The first-order chi connectivity index (χ1) is 12.1. The van der Waals surface area contributed by atoms with E-state index in [4.69, 9.17) is 0 Å². The highest BCUT2D eigenvalue weighted by Gasteiger charge is 2.28. The molecule has 2 amide bonds. The summed E-state index contributed by atoms with van der Waals surface area (Å²) in [5.41, 5.74) is 0. The Balaban J connectivity index is 1.49. The second-order valence-corrected chi connectivity index (χ2v) is 6.96. The van der Waals surface area contributed by atoms with Gasteiger partial charge in [0.05, 0.1) is 12.7 Å². The van der Waals surface area contributed by atoms with Crippen LogP contribution in [0.15, 0.2) is 12.4 Å². The van der Waals surface area contributed by atoms with E-state index in [1.54, 1.807) is 13.1 Å². The van der Waals surface area contributed by atoms with Gasteiger partial charge in [-0.2, -0.15) is 0 Å². The largest absolute Gasteiger partial charge is 0.339 e. The lowest BCUT2D eigenvalue weighted by Crippen LogP contribution is -2.53. The van der Waals surface area contributed by atoms with Crippen LogP contribution in [0.3, 0.4) is 0 Å². The first-order valence-electron chi connectivity index (χ1n) is 9.25. The van der Waals surface area contributed by atoms with Crippen LogP contribution in [0, 0.1) is 0 Å². The Bertz CT molecular complexity index is 568. The molecule has 3 heterocycles. The maximum Gasteiger partial charge on any atom is 0.236 e. The number of carbonyl (C=O) groups excluding carboxylic acids is 2. The van der Waals surface area contributed by atoms with Crippen molar-refractivity contribution >= 4 is 11.8 Å². The normalized spacial score (nSPS) is 22.2. The quantitative estimate of drug-likeness (QED) is 0.761. The van der Waals surface area contributed by atoms with Crippen LogP contribution in [0.25, 0.3) is 0 Å². The van der Waals surface area contributed by atoms with E-state index in [1.165, 1.54) is 6.42 Å². The first kappa shape index (κ1) is 17.8. The summed E-state index contributed by atoms with van der Waals surface area (Å²) in [6, 6.07) is 0.431. The summed E-state index contributed by atoms with van der Waals surface area (Å²) in [6.07, 6.45) is 8.10. The van der Waals surface area contributed by atoms with Crippen LogP contribution in [-0.2, 0) is 16.1 Å². The minimum absolute atomic E-state index is 0.0938. The summed E-state index contributed by atoms with van der Waals surface area (Å²) in [6.45, 7) is 6.50. The number of piperidine rings is 1. The molecule has 2 aliphatic heterocycles. The molecule has 2 fully saturated rings. The van der Waals surface area contributed by atoms with E-state index >= 15 is 0 Å². The van der Waals surface area contributed by atoms with Gasteiger partial charge in [-0.15, -0.1) is 5.10 Å². The SMILES string of the molecule is CC(=O)N1CCN(C(=O)CN2CCCCC2CCn2ccnn2)CC1. The molecule has 1 unspecified atom stereocenters. The summed E-state index contributed by atoms with van der Waals surface area (Å²) < 4.78 is 1.86. The first-order valence-corrected chi connectivity index (χ1v) is 9.25. The summed E-state index contributed by atoms with van der Waals surface area (Å²) in [5, 5.41) is 7.87. The number of hydrogen-bond donors (Lipinski definition) is 0. The van der Waals surface area contributed by atoms with E-state index in [9.17, 15) is 9.59 Å². The van der Waals surface area contributed by atoms with Gasteiger partial charge in [-0.05, 0) is 25.8 Å². The number of likely N-dealkylation sites (tertiary alicyclic amines) is 1. The molecule has 1 atom stereocenters. The molecule has 0 N–H and O–H groups in total. The summed E-state index contributed by atoms with van der Waals surface area (Å²) >= 11 is 0. The second kappa shape index (κ2) is 8.42. The van der Waals surface area contributed by atoms with Crippen LogP contribution in [0.1, 0.15) is 32.6 Å². The van der Waals surface area contributed by atoms with Crippen molar-refractivity contribution in [2.45, 2.75) is 45.2 Å². The number of hydrogen-bond acceptors (Lipinski definition) is 5. The molecular formula is C17H28N6O2. The van der Waals surface area contributed by atoms with Crippen molar-refractivity contribution in [2.75, 3.05) is 39.3 Å². The fourth-order valence-corrected chi connectivity index (χ4v) is 3.77. The molecule has 8 nitrogen and oxygen atoms in total. The van der Waals surface area contributed by atoms with Gasteiger partial charge < -0.3 is 9.80 Å². The topological polar surface area (TPSA) is 74.6 Å². The van der Waals surface area contributed by atoms with Crippen molar-refractivity contribution in [3.63, 3.8) is 0 Å². The van der Waals surface area contributed by atoms with Crippen molar-refractivity contribution in [3.05, 3.63) is 12.4 Å². The van der Waals surface area contributed by atoms with Crippen LogP contribution < -0.4 is 0 Å². The average molecular weight is 348 g/mol. The van der Waals surface area contributed by atoms with Crippen LogP contribution >= 0.6 is 0 Å². The summed E-state index contributed by atoms with van der Waals surface area (Å²) in [5.74, 6) is 0.284. The fraction of sp³-hybridized carbons (Fsp3) is 0.765. The van der Waals surface area contributed by atoms with E-state index in [0.29, 0.717) is 38.8 Å². The van der Waals surface area contributed by atoms with E-state index in [-0.39, 0.29) is 11.8 Å². The van der Waals surface area contributed by atoms with Gasteiger partial charge >= 0.3 is 0 Å². The Kier molecular flexibility index (Phi) is 6.01. The minimum Gasteiger partial charge on any atom is -0.339 e. The molecule has 0 aliphatic carbocycles. The summed E-state index contributed by atoms with van der Waals surface area (Å²) in [7, 11) is 0. The minimum atomic E-state index is 0.0938. The third-order valence-corrected chi connectivity index (χ3v) is 5.33. The number of carbonyl (C=O) groups is 2. The number of aromatic nitrogens is 3. The molecule has 0 saturated carbocycles. The molecule has 0 radical (unpaired) electrons. The lowest BCUT2D eigenvalue weighted by Gasteiger charge is -2.38. The molecule has 8 heteroatoms. The van der Waals surface area contributed by atoms with Gasteiger partial charge in [-0.1, -0.05) is 11.6 Å². The molecule has 0 spiro atoms. The lowest BCUT2D eigenvalue weighted by molar-refractivity contribution is -0.139. The molecule has 3 rings (SSSR count). The van der Waals surface area contributed by atoms with Crippen molar-refractivity contribution in [1.82, 2.24) is 29.7 Å². The zero-order valence-electron chi connectivity index (χ0n) is 15.0. The van der Waals surface area contributed by atoms with Crippen molar-refractivity contribution in [1.29, 1.82) is 0 Å². The molecule has 0 bridgehead atoms. The molecule has 1 aromatic rings. The van der Waals surface area contributed by atoms with E-state index in [0.717, 1.165) is 32.4 Å². The monoisotopic (exact) mass is 348 g/mol. The van der Waals surface area contributed by atoms with Gasteiger partial charge in [-0.3, -0.25) is 19.2 Å². The number of piperazine rings is 1. The predicted molar refractivity (Wildman–Crippen MR) is 92.7 cm³/mol. The van der Waals surface area contributed by atoms with Crippen molar-refractivity contribution < 1.29 is 9.59 Å². The van der Waals surface area contributed by atoms with Gasteiger partial charge in [-0.25, -0.2) is 0 Å². The molecule has 1 aromatic heterocycles. The maximum absolute atomic E-state index is 12.7. The Hall–Kier alpha value is -1.96. The highest BCUT2D eigenvalue weighted by Crippen LogP contribution is 2.20. The lowest BCUT2D eigenvalue weighted by atomic mass is 9.99. The Morgan fingerprint density at radius 2 is 1.84 bits per heavy atom. The van der Waals surface area contributed by atoms with Gasteiger partial charge in [0, 0.05) is 51.9 Å². The molecule has 2 aliphatic rings. The third-order valence-electron chi connectivity index (χ3n) is 5.33. The highest BCUT2D eigenvalue weighted by atomic mass is 16.2. The second-order valence-electron chi connectivity index (χ2n) is 6.96. The van der Waals surface area contributed by atoms with Crippen molar-refractivity contribution in [2.24, 2.45) is 0 Å². The smallest absolute Gasteiger partial charge is 0.236 e. The van der Waals surface area contributed by atoms with Crippen molar-refractivity contribution in [3.8, 4) is 0 Å². The van der Waals surface area contributed by atoms with Gasteiger partial charge in [0.2, 0.25) is 11.8 Å². The molecule has 138 valence electrons. The zero-order valence-corrected chi connectivity index (χ0v) is 15.0. The molecule has 2 saturated heterocycles. The Labute approximate surface area is 148 Å². The molecule has 0 aromatic carbocycles.